The minimum Gasteiger partial charge on any atom is -0.507 e. The van der Waals surface area contributed by atoms with E-state index in [0.717, 1.165) is 30.6 Å². The molecular weight excluding hydrogens is 324 g/mol. The average Bonchev–Trinajstić information content (AvgIpc) is 2.69. The molecule has 1 aromatic rings. The van der Waals surface area contributed by atoms with Crippen LogP contribution in [-0.4, -0.2) is 16.7 Å². The Morgan fingerprint density at radius 2 is 1.62 bits per heavy atom. The first-order chi connectivity index (χ1) is 12.6. The zero-order chi connectivity index (χ0) is 18.1. The van der Waals surface area contributed by atoms with Crippen LogP contribution in [0.5, 0.6) is 0 Å². The van der Waals surface area contributed by atoms with Crippen molar-refractivity contribution in [2.24, 2.45) is 17.8 Å². The normalized spacial score (nSPS) is 28.7. The molecule has 3 unspecified atom stereocenters. The molecule has 0 aliphatic heterocycles. The highest BCUT2D eigenvalue weighted by atomic mass is 16.3. The molecule has 138 valence electrons. The van der Waals surface area contributed by atoms with Gasteiger partial charge in [0.2, 0.25) is 11.6 Å². The predicted octanol–water partition coefficient (Wildman–Crippen LogP) is 5.50. The summed E-state index contributed by atoms with van der Waals surface area (Å²) in [7, 11) is 0. The first kappa shape index (κ1) is 17.5. The summed E-state index contributed by atoms with van der Waals surface area (Å²) >= 11 is 0. The fourth-order valence-electron chi connectivity index (χ4n) is 5.45. The molecule has 0 bridgehead atoms. The van der Waals surface area contributed by atoms with E-state index < -0.39 is 11.6 Å². The van der Waals surface area contributed by atoms with Crippen LogP contribution in [0.2, 0.25) is 0 Å². The molecule has 2 saturated carbocycles. The summed E-state index contributed by atoms with van der Waals surface area (Å²) in [6.45, 7) is 0. The minimum absolute atomic E-state index is 0.0150. The van der Waals surface area contributed by atoms with Gasteiger partial charge in [0.25, 0.3) is 0 Å². The van der Waals surface area contributed by atoms with Crippen molar-refractivity contribution >= 4 is 17.3 Å². The zero-order valence-electron chi connectivity index (χ0n) is 15.4. The van der Waals surface area contributed by atoms with Crippen molar-refractivity contribution in [3.63, 3.8) is 0 Å². The van der Waals surface area contributed by atoms with Crippen LogP contribution in [0.15, 0.2) is 29.8 Å². The largest absolute Gasteiger partial charge is 0.507 e. The van der Waals surface area contributed by atoms with Crippen molar-refractivity contribution in [3.05, 3.63) is 41.0 Å². The number of rotatable bonds is 4. The number of allylic oxidation sites excluding steroid dienone is 1. The van der Waals surface area contributed by atoms with Gasteiger partial charge in [-0.3, -0.25) is 9.59 Å². The Hall–Kier alpha value is -1.90. The van der Waals surface area contributed by atoms with Crippen LogP contribution in [0, 0.1) is 17.8 Å². The third kappa shape index (κ3) is 3.24. The molecule has 3 aliphatic carbocycles. The van der Waals surface area contributed by atoms with Crippen molar-refractivity contribution < 1.29 is 14.7 Å². The molecule has 1 aromatic carbocycles. The molecule has 4 rings (SSSR count). The molecule has 26 heavy (non-hydrogen) atoms. The van der Waals surface area contributed by atoms with Crippen LogP contribution in [0.1, 0.15) is 80.1 Å². The van der Waals surface area contributed by atoms with Crippen molar-refractivity contribution in [2.45, 2.75) is 64.2 Å². The highest BCUT2D eigenvalue weighted by Crippen LogP contribution is 2.44. The molecule has 0 aromatic heterocycles. The van der Waals surface area contributed by atoms with Gasteiger partial charge >= 0.3 is 0 Å². The van der Waals surface area contributed by atoms with Gasteiger partial charge in [-0.1, -0.05) is 62.8 Å². The van der Waals surface area contributed by atoms with Gasteiger partial charge in [0.15, 0.2) is 0 Å². The third-order valence-corrected chi connectivity index (χ3v) is 6.88. The van der Waals surface area contributed by atoms with E-state index in [-0.39, 0.29) is 5.76 Å². The summed E-state index contributed by atoms with van der Waals surface area (Å²) < 4.78 is 0. The molecule has 0 amide bonds. The van der Waals surface area contributed by atoms with Gasteiger partial charge in [-0.25, -0.2) is 0 Å². The minimum atomic E-state index is -0.516. The Morgan fingerprint density at radius 1 is 0.885 bits per heavy atom. The molecule has 3 atom stereocenters. The van der Waals surface area contributed by atoms with Gasteiger partial charge in [0.1, 0.15) is 5.76 Å². The first-order valence-electron chi connectivity index (χ1n) is 10.3. The number of aliphatic hydroxyl groups is 1. The fourth-order valence-corrected chi connectivity index (χ4v) is 5.45. The molecule has 3 heteroatoms. The topological polar surface area (TPSA) is 54.4 Å². The Bertz CT molecular complexity index is 746. The third-order valence-electron chi connectivity index (χ3n) is 6.88. The molecule has 0 spiro atoms. The van der Waals surface area contributed by atoms with Crippen molar-refractivity contribution in [3.8, 4) is 0 Å². The lowest BCUT2D eigenvalue weighted by Crippen LogP contribution is -2.28. The van der Waals surface area contributed by atoms with Gasteiger partial charge < -0.3 is 5.11 Å². The Kier molecular flexibility index (Phi) is 4.97. The van der Waals surface area contributed by atoms with Gasteiger partial charge in [-0.15, -0.1) is 0 Å². The van der Waals surface area contributed by atoms with Crippen LogP contribution < -0.4 is 0 Å². The van der Waals surface area contributed by atoms with E-state index >= 15 is 0 Å². The lowest BCUT2D eigenvalue weighted by atomic mass is 9.66. The second-order valence-corrected chi connectivity index (χ2v) is 8.41. The Balaban J connectivity index is 1.39. The monoisotopic (exact) mass is 352 g/mol. The zero-order valence-corrected chi connectivity index (χ0v) is 15.4. The van der Waals surface area contributed by atoms with E-state index in [0.29, 0.717) is 23.1 Å². The molecule has 2 fully saturated rings. The van der Waals surface area contributed by atoms with Gasteiger partial charge in [0.05, 0.1) is 0 Å². The van der Waals surface area contributed by atoms with Crippen molar-refractivity contribution in [1.29, 1.82) is 0 Å². The van der Waals surface area contributed by atoms with Crippen LogP contribution in [0.25, 0.3) is 5.76 Å². The van der Waals surface area contributed by atoms with Crippen LogP contribution in [0.4, 0.5) is 0 Å². The number of hydrogen-bond acceptors (Lipinski definition) is 3. The molecule has 3 nitrogen and oxygen atoms in total. The molecule has 0 saturated heterocycles. The van der Waals surface area contributed by atoms with Crippen LogP contribution in [0.3, 0.4) is 0 Å². The summed E-state index contributed by atoms with van der Waals surface area (Å²) in [5.41, 5.74) is 1.16. The highest BCUT2D eigenvalue weighted by molar-refractivity contribution is 6.52. The van der Waals surface area contributed by atoms with Gasteiger partial charge in [-0.05, 0) is 43.4 Å². The smallest absolute Gasteiger partial charge is 0.234 e. The summed E-state index contributed by atoms with van der Waals surface area (Å²) in [5.74, 6) is 1.65. The predicted molar refractivity (Wildman–Crippen MR) is 102 cm³/mol. The summed E-state index contributed by atoms with van der Waals surface area (Å²) in [4.78, 5) is 24.7. The number of fused-ring (bicyclic) bond motifs is 2. The van der Waals surface area contributed by atoms with E-state index in [2.05, 4.69) is 0 Å². The number of carbonyl (C=O) groups excluding carboxylic acids is 2. The number of aliphatic hydroxyl groups excluding tert-OH is 1. The second-order valence-electron chi connectivity index (χ2n) is 8.41. The number of Topliss-reactive ketones (excluding diaryl/α,β-unsaturated/α-hetero) is 2. The summed E-state index contributed by atoms with van der Waals surface area (Å²) in [5, 5.41) is 10.5. The Labute approximate surface area is 155 Å². The van der Waals surface area contributed by atoms with E-state index in [4.69, 9.17) is 0 Å². The molecular formula is C23H28O3. The lowest BCUT2D eigenvalue weighted by Gasteiger charge is -2.39. The fraction of sp³-hybridized carbons (Fsp3) is 0.565. The SMILES string of the molecule is O=C1C(=O)c2ccccc2C(O)=C1CCCC1CCC2CCCCC2C1. The standard InChI is InChI=1S/C23H28O3/c24-21-18-9-3-4-10-19(18)22(25)23(26)20(21)11-5-6-15-12-13-16-7-1-2-8-17(16)14-15/h3-4,9-10,15-17,24H,1-2,5-8,11-14H2. The lowest BCUT2D eigenvalue weighted by molar-refractivity contribution is -0.112. The van der Waals surface area contributed by atoms with E-state index in [9.17, 15) is 14.7 Å². The number of hydrogen-bond donors (Lipinski definition) is 1. The second kappa shape index (κ2) is 7.38. The average molecular weight is 352 g/mol. The maximum absolute atomic E-state index is 12.4. The molecule has 1 N–H and O–H groups in total. The maximum Gasteiger partial charge on any atom is 0.234 e. The number of ketones is 2. The number of benzene rings is 1. The molecule has 3 aliphatic rings. The van der Waals surface area contributed by atoms with Crippen LogP contribution >= 0.6 is 0 Å². The van der Waals surface area contributed by atoms with Gasteiger partial charge in [-0.2, -0.15) is 0 Å². The van der Waals surface area contributed by atoms with Crippen molar-refractivity contribution in [2.75, 3.05) is 0 Å². The maximum atomic E-state index is 12.4. The Morgan fingerprint density at radius 3 is 2.42 bits per heavy atom. The van der Waals surface area contributed by atoms with E-state index in [1.54, 1.807) is 24.3 Å². The van der Waals surface area contributed by atoms with E-state index in [1.165, 1.54) is 44.9 Å². The van der Waals surface area contributed by atoms with Crippen LogP contribution in [-0.2, 0) is 4.79 Å². The molecule has 0 radical (unpaired) electrons. The molecule has 0 heterocycles. The summed E-state index contributed by atoms with van der Waals surface area (Å²) in [6.07, 6.45) is 12.1. The highest BCUT2D eigenvalue weighted by Gasteiger charge is 2.34. The summed E-state index contributed by atoms with van der Waals surface area (Å²) in [6, 6.07) is 6.85. The first-order valence-corrected chi connectivity index (χ1v) is 10.3. The number of carbonyl (C=O) groups is 2. The van der Waals surface area contributed by atoms with Gasteiger partial charge in [0, 0.05) is 16.7 Å². The quantitative estimate of drug-likeness (QED) is 0.728. The van der Waals surface area contributed by atoms with Crippen molar-refractivity contribution in [1.82, 2.24) is 0 Å². The van der Waals surface area contributed by atoms with E-state index in [1.807, 2.05) is 0 Å².